The van der Waals surface area contributed by atoms with Gasteiger partial charge in [0.15, 0.2) is 0 Å². The van der Waals surface area contributed by atoms with E-state index < -0.39 is 0 Å². The van der Waals surface area contributed by atoms with E-state index >= 15 is 0 Å². The molecule has 2 rings (SSSR count). The summed E-state index contributed by atoms with van der Waals surface area (Å²) < 4.78 is 0. The summed E-state index contributed by atoms with van der Waals surface area (Å²) in [6.45, 7) is 1.05. The molecule has 1 nitrogen and oxygen atoms in total. The first-order valence-corrected chi connectivity index (χ1v) is 4.81. The van der Waals surface area contributed by atoms with Crippen molar-refractivity contribution < 1.29 is 19.5 Å². The van der Waals surface area contributed by atoms with E-state index in [1.807, 2.05) is 30.3 Å². The summed E-state index contributed by atoms with van der Waals surface area (Å²) in [4.78, 5) is 2.16. The first kappa shape index (κ1) is 14.3. The standard InChI is InChI=1S/C8H12N.C5H5.Ru/c1-9(2)7-8-5-3-4-6-8;1-2-4-5-3-1;/h3-6H,7H2,1-2H3;1-5H;/q-1;-5;. The summed E-state index contributed by atoms with van der Waals surface area (Å²) in [6, 6.07) is 18.4. The zero-order valence-corrected chi connectivity index (χ0v) is 10.9. The second-order valence-corrected chi connectivity index (χ2v) is 3.49. The van der Waals surface area contributed by atoms with Crippen molar-refractivity contribution >= 4 is 0 Å². The summed E-state index contributed by atoms with van der Waals surface area (Å²) in [6.07, 6.45) is 0. The largest absolute Gasteiger partial charge is 0.748 e. The van der Waals surface area contributed by atoms with Gasteiger partial charge in [0.25, 0.3) is 0 Å². The Balaban J connectivity index is 0.000000280. The van der Waals surface area contributed by atoms with Gasteiger partial charge in [-0.05, 0) is 20.6 Å². The fourth-order valence-electron chi connectivity index (χ4n) is 1.21. The monoisotopic (exact) mass is 289 g/mol. The van der Waals surface area contributed by atoms with E-state index in [0.717, 1.165) is 6.54 Å². The molecular weight excluding hydrogens is 271 g/mol. The van der Waals surface area contributed by atoms with Crippen molar-refractivity contribution in [3.05, 3.63) is 60.2 Å². The average Bonchev–Trinajstić information content (AvgIpc) is 2.75. The Morgan fingerprint density at radius 3 is 1.67 bits per heavy atom. The second kappa shape index (κ2) is 8.58. The number of hydrogen-bond acceptors (Lipinski definition) is 1. The van der Waals surface area contributed by atoms with E-state index in [1.165, 1.54) is 5.56 Å². The zero-order valence-electron chi connectivity index (χ0n) is 9.20. The van der Waals surface area contributed by atoms with Crippen LogP contribution in [0.4, 0.5) is 0 Å². The summed E-state index contributed by atoms with van der Waals surface area (Å²) in [5.41, 5.74) is 1.39. The minimum atomic E-state index is 0. The van der Waals surface area contributed by atoms with Crippen LogP contribution in [0.2, 0.25) is 0 Å². The van der Waals surface area contributed by atoms with E-state index in [1.54, 1.807) is 0 Å². The normalized spacial score (nSPS) is 9.00. The first-order valence-electron chi connectivity index (χ1n) is 4.81. The van der Waals surface area contributed by atoms with Crippen molar-refractivity contribution in [1.82, 2.24) is 4.90 Å². The molecule has 0 aromatic heterocycles. The maximum absolute atomic E-state index is 2.16. The van der Waals surface area contributed by atoms with Crippen molar-refractivity contribution in [1.29, 1.82) is 0 Å². The van der Waals surface area contributed by atoms with Gasteiger partial charge < -0.3 is 35.2 Å². The Bertz CT molecular complexity index is 278. The smallest absolute Gasteiger partial charge is 0 e. The van der Waals surface area contributed by atoms with Crippen molar-refractivity contribution in [2.45, 2.75) is 6.54 Å². The molecule has 0 bridgehead atoms. The number of nitrogens with zero attached hydrogens (tertiary/aromatic N) is 1. The van der Waals surface area contributed by atoms with Crippen LogP contribution in [0.15, 0.2) is 54.6 Å². The van der Waals surface area contributed by atoms with Crippen LogP contribution >= 0.6 is 0 Å². The fourth-order valence-corrected chi connectivity index (χ4v) is 1.21. The first-order chi connectivity index (χ1) is 6.79. The van der Waals surface area contributed by atoms with E-state index in [-0.39, 0.29) is 19.5 Å². The molecule has 0 fully saturated rings. The van der Waals surface area contributed by atoms with Gasteiger partial charge in [-0.2, -0.15) is 12.1 Å². The van der Waals surface area contributed by atoms with Gasteiger partial charge in [-0.1, -0.05) is 0 Å². The van der Waals surface area contributed by atoms with Gasteiger partial charge in [-0.15, -0.1) is 5.56 Å². The van der Waals surface area contributed by atoms with Crippen molar-refractivity contribution in [3.8, 4) is 0 Å². The van der Waals surface area contributed by atoms with Gasteiger partial charge in [-0.25, -0.2) is 12.1 Å². The van der Waals surface area contributed by atoms with Crippen LogP contribution in [-0.2, 0) is 26.0 Å². The zero-order chi connectivity index (χ0) is 10.2. The summed E-state index contributed by atoms with van der Waals surface area (Å²) in [7, 11) is 4.15. The quantitative estimate of drug-likeness (QED) is 0.607. The molecule has 88 valence electrons. The molecule has 2 aromatic carbocycles. The van der Waals surface area contributed by atoms with E-state index in [9.17, 15) is 0 Å². The molecule has 2 aromatic rings. The summed E-state index contributed by atoms with van der Waals surface area (Å²) in [5, 5.41) is 0. The Morgan fingerprint density at radius 2 is 1.33 bits per heavy atom. The maximum atomic E-state index is 2.16. The topological polar surface area (TPSA) is 3.24 Å². The van der Waals surface area contributed by atoms with Crippen molar-refractivity contribution in [3.63, 3.8) is 0 Å². The molecule has 0 spiro atoms. The molecular formula is C13H17NRu-6. The van der Waals surface area contributed by atoms with Gasteiger partial charge in [0, 0.05) is 19.5 Å². The summed E-state index contributed by atoms with van der Waals surface area (Å²) in [5.74, 6) is 0. The van der Waals surface area contributed by atoms with E-state index in [0.29, 0.717) is 0 Å². The number of rotatable bonds is 2. The van der Waals surface area contributed by atoms with Crippen LogP contribution in [-0.4, -0.2) is 19.0 Å². The Labute approximate surface area is 105 Å². The third kappa shape index (κ3) is 7.24. The molecule has 0 amide bonds. The average molecular weight is 288 g/mol. The van der Waals surface area contributed by atoms with Gasteiger partial charge in [0.1, 0.15) is 0 Å². The van der Waals surface area contributed by atoms with Crippen LogP contribution in [0.25, 0.3) is 0 Å². The van der Waals surface area contributed by atoms with Crippen molar-refractivity contribution in [2.75, 3.05) is 14.1 Å². The molecule has 15 heavy (non-hydrogen) atoms. The van der Waals surface area contributed by atoms with Crippen LogP contribution in [0.1, 0.15) is 5.56 Å². The molecule has 0 aliphatic rings. The molecule has 0 unspecified atom stereocenters. The Kier molecular flexibility index (Phi) is 8.17. The van der Waals surface area contributed by atoms with Gasteiger partial charge >= 0.3 is 0 Å². The van der Waals surface area contributed by atoms with Crippen LogP contribution in [0.5, 0.6) is 0 Å². The third-order valence-electron chi connectivity index (χ3n) is 1.79. The fraction of sp³-hybridized carbons (Fsp3) is 0.231. The predicted molar refractivity (Wildman–Crippen MR) is 61.5 cm³/mol. The van der Waals surface area contributed by atoms with Gasteiger partial charge in [-0.3, -0.25) is 0 Å². The van der Waals surface area contributed by atoms with E-state index in [2.05, 4.69) is 43.3 Å². The predicted octanol–water partition coefficient (Wildman–Crippen LogP) is 2.87. The molecule has 2 heteroatoms. The minimum absolute atomic E-state index is 0. The maximum Gasteiger partial charge on any atom is 0 e. The molecule has 0 heterocycles. The number of hydrogen-bond donors (Lipinski definition) is 0. The molecule has 0 radical (unpaired) electrons. The van der Waals surface area contributed by atoms with Crippen LogP contribution < -0.4 is 0 Å². The van der Waals surface area contributed by atoms with Crippen molar-refractivity contribution in [2.24, 2.45) is 0 Å². The molecule has 0 N–H and O–H groups in total. The molecule has 0 aliphatic heterocycles. The van der Waals surface area contributed by atoms with Gasteiger partial charge in [0.2, 0.25) is 0 Å². The molecule has 0 saturated carbocycles. The summed E-state index contributed by atoms with van der Waals surface area (Å²) >= 11 is 0. The molecule has 0 aliphatic carbocycles. The van der Waals surface area contributed by atoms with Gasteiger partial charge in [0.05, 0.1) is 0 Å². The minimum Gasteiger partial charge on any atom is -0.748 e. The molecule has 0 saturated heterocycles. The van der Waals surface area contributed by atoms with Crippen LogP contribution in [0.3, 0.4) is 0 Å². The molecule has 0 atom stereocenters. The SMILES string of the molecule is CN(C)C[c-]1cccc1.[Ru].[cH-]1[cH-][cH-][cH-][cH-]1. The Morgan fingerprint density at radius 1 is 0.933 bits per heavy atom. The van der Waals surface area contributed by atoms with E-state index in [4.69, 9.17) is 0 Å². The second-order valence-electron chi connectivity index (χ2n) is 3.49. The third-order valence-corrected chi connectivity index (χ3v) is 1.79. The Hall–Kier alpha value is -0.717. The van der Waals surface area contributed by atoms with Crippen LogP contribution in [0, 0.1) is 0 Å².